The second-order valence-corrected chi connectivity index (χ2v) is 7.60. The van der Waals surface area contributed by atoms with Gasteiger partial charge in [-0.2, -0.15) is 41.7 Å². The van der Waals surface area contributed by atoms with Crippen molar-refractivity contribution in [3.05, 3.63) is 128 Å². The Morgan fingerprint density at radius 1 is 0.812 bits per heavy atom. The number of rotatable bonds is 2. The van der Waals surface area contributed by atoms with Crippen LogP contribution in [0.5, 0.6) is 0 Å². The molecule has 1 radical (unpaired) electrons. The zero-order chi connectivity index (χ0) is 21.8. The first kappa shape index (κ1) is 23.3. The van der Waals surface area contributed by atoms with Crippen molar-refractivity contribution < 1.29 is 20.1 Å². The monoisotopic (exact) mass is 597 g/mol. The summed E-state index contributed by atoms with van der Waals surface area (Å²) >= 11 is 0. The molecule has 0 atom stereocenters. The van der Waals surface area contributed by atoms with E-state index in [-0.39, 0.29) is 20.1 Å². The van der Waals surface area contributed by atoms with Gasteiger partial charge >= 0.3 is 0 Å². The van der Waals surface area contributed by atoms with Crippen molar-refractivity contribution in [1.29, 1.82) is 0 Å². The predicted octanol–water partition coefficient (Wildman–Crippen LogP) is 6.67. The van der Waals surface area contributed by atoms with E-state index in [1.807, 2.05) is 60.3 Å². The summed E-state index contributed by atoms with van der Waals surface area (Å²) in [6.07, 6.45) is 7.99. The number of aromatic nitrogens is 3. The van der Waals surface area contributed by atoms with Crippen LogP contribution in [0.25, 0.3) is 27.7 Å². The number of pyridine rings is 1. The average Bonchev–Trinajstić information content (AvgIpc) is 3.21. The third-order valence-corrected chi connectivity index (χ3v) is 5.29. The van der Waals surface area contributed by atoms with Crippen molar-refractivity contribution in [3.8, 4) is 16.9 Å². The minimum Gasteiger partial charge on any atom is -0.270 e. The fraction of sp³-hybridized carbons (Fsp3) is 0.0714. The number of hydrogen-bond acceptors (Lipinski definition) is 1. The Morgan fingerprint density at radius 2 is 1.56 bits per heavy atom. The fourth-order valence-electron chi connectivity index (χ4n) is 3.75. The molecule has 0 bridgehead atoms. The molecule has 5 rings (SSSR count). The van der Waals surface area contributed by atoms with Crippen LogP contribution < -0.4 is 0 Å². The average molecular weight is 597 g/mol. The van der Waals surface area contributed by atoms with E-state index in [0.717, 1.165) is 22.4 Å². The largest absolute Gasteiger partial charge is 0.270 e. The summed E-state index contributed by atoms with van der Waals surface area (Å²) in [5.74, 6) is 0. The summed E-state index contributed by atoms with van der Waals surface area (Å²) in [4.78, 5) is 4.27. The zero-order valence-corrected chi connectivity index (χ0v) is 20.7. The molecule has 5 aromatic rings. The molecule has 4 heteroatoms. The minimum atomic E-state index is 0. The van der Waals surface area contributed by atoms with Crippen LogP contribution in [0.1, 0.15) is 16.7 Å². The molecule has 0 amide bonds. The standard InChI is InChI=1S/C16H16N2.C12H10N.Ir/c1-12-5-4-6-14-8-7-13(2)16(15(12)14)18-10-9-17(3)11-18;1-10-6-2-3-7-11(10)12-8-4-5-9-13-12;/h4-11H,1H2,2-3H3;2-9H,1H2;/q;-1;. The maximum atomic E-state index is 4.27. The van der Waals surface area contributed by atoms with Crippen molar-refractivity contribution >= 4 is 10.8 Å². The molecule has 0 spiro atoms. The van der Waals surface area contributed by atoms with Gasteiger partial charge in [-0.1, -0.05) is 35.0 Å². The Bertz CT molecular complexity index is 1320. The Hall–Kier alpha value is -3.33. The Kier molecular flexibility index (Phi) is 7.53. The van der Waals surface area contributed by atoms with E-state index < -0.39 is 0 Å². The van der Waals surface area contributed by atoms with Crippen molar-refractivity contribution in [2.75, 3.05) is 0 Å². The van der Waals surface area contributed by atoms with Gasteiger partial charge < -0.3 is 0 Å². The number of hydrogen-bond donors (Lipinski definition) is 0. The Balaban J connectivity index is 0.000000184. The van der Waals surface area contributed by atoms with E-state index in [2.05, 4.69) is 73.2 Å². The molecule has 3 nitrogen and oxygen atoms in total. The summed E-state index contributed by atoms with van der Waals surface area (Å²) in [5, 5.41) is 2.47. The molecular formula is C28H26IrN3-. The summed E-state index contributed by atoms with van der Waals surface area (Å²) in [5.41, 5.74) is 6.65. The van der Waals surface area contributed by atoms with Gasteiger partial charge in [-0.15, -0.1) is 23.8 Å². The molecule has 32 heavy (non-hydrogen) atoms. The summed E-state index contributed by atoms with van der Waals surface area (Å²) < 4.78 is 4.20. The van der Waals surface area contributed by atoms with E-state index in [4.69, 9.17) is 0 Å². The van der Waals surface area contributed by atoms with Crippen molar-refractivity contribution in [3.63, 3.8) is 0 Å². The molecule has 0 aliphatic rings. The Labute approximate surface area is 203 Å². The quantitative estimate of drug-likeness (QED) is 0.209. The van der Waals surface area contributed by atoms with Gasteiger partial charge in [-0.3, -0.25) is 9.55 Å². The van der Waals surface area contributed by atoms with Crippen LogP contribution in [-0.2, 0) is 27.2 Å². The molecule has 3 aromatic carbocycles. The number of aryl methyl sites for hydroxylation is 2. The van der Waals surface area contributed by atoms with Crippen LogP contribution in [0.4, 0.5) is 0 Å². The minimum absolute atomic E-state index is 0. The molecule has 163 valence electrons. The van der Waals surface area contributed by atoms with Crippen LogP contribution in [0.15, 0.2) is 97.7 Å². The van der Waals surface area contributed by atoms with Crippen molar-refractivity contribution in [2.45, 2.75) is 6.92 Å². The van der Waals surface area contributed by atoms with Gasteiger partial charge in [0, 0.05) is 44.6 Å². The molecule has 0 aliphatic carbocycles. The smallest absolute Gasteiger partial charge is 0.165 e. The number of imidazole rings is 1. The summed E-state index contributed by atoms with van der Waals surface area (Å²) in [6, 6.07) is 24.5. The molecular weight excluding hydrogens is 571 g/mol. The molecule has 2 aromatic heterocycles. The normalized spacial score (nSPS) is 10.2. The van der Waals surface area contributed by atoms with Crippen LogP contribution in [0.3, 0.4) is 0 Å². The summed E-state index contributed by atoms with van der Waals surface area (Å²) in [7, 11) is 2.03. The van der Waals surface area contributed by atoms with Crippen LogP contribution in [0, 0.1) is 20.8 Å². The molecule has 0 N–H and O–H groups in total. The molecule has 0 unspecified atom stereocenters. The first-order valence-corrected chi connectivity index (χ1v) is 10.2. The van der Waals surface area contributed by atoms with Gasteiger partial charge in [-0.05, 0) is 25.1 Å². The predicted molar refractivity (Wildman–Crippen MR) is 130 cm³/mol. The van der Waals surface area contributed by atoms with Gasteiger partial charge in [0.1, 0.15) is 12.4 Å². The van der Waals surface area contributed by atoms with Gasteiger partial charge in [0.2, 0.25) is 0 Å². The number of benzene rings is 3. The van der Waals surface area contributed by atoms with E-state index in [1.54, 1.807) is 6.20 Å². The second-order valence-electron chi connectivity index (χ2n) is 7.60. The zero-order valence-electron chi connectivity index (χ0n) is 18.3. The Morgan fingerprint density at radius 3 is 2.25 bits per heavy atom. The van der Waals surface area contributed by atoms with Crippen molar-refractivity contribution in [1.82, 2.24) is 14.1 Å². The van der Waals surface area contributed by atoms with E-state index >= 15 is 0 Å². The van der Waals surface area contributed by atoms with Gasteiger partial charge in [0.15, 0.2) is 6.33 Å². The van der Waals surface area contributed by atoms with Gasteiger partial charge in [-0.25, -0.2) is 0 Å². The van der Waals surface area contributed by atoms with Crippen molar-refractivity contribution in [2.24, 2.45) is 7.05 Å². The molecule has 0 aliphatic heterocycles. The third kappa shape index (κ3) is 4.94. The first-order chi connectivity index (χ1) is 15.0. The molecule has 0 fully saturated rings. The van der Waals surface area contributed by atoms with Gasteiger partial charge in [0.25, 0.3) is 0 Å². The number of nitrogens with zero attached hydrogens (tertiary/aromatic N) is 3. The third-order valence-electron chi connectivity index (χ3n) is 5.29. The SMILES string of the molecule is [CH2-]c1cccc2ccc(C)c(-n3ccn(C)[cH+]3)c12.[CH2-]c1ccccc1-c1ccccn1.[Ir]. The van der Waals surface area contributed by atoms with Crippen LogP contribution >= 0.6 is 0 Å². The molecule has 0 saturated heterocycles. The van der Waals surface area contributed by atoms with E-state index in [1.165, 1.54) is 22.0 Å². The van der Waals surface area contributed by atoms with Crippen LogP contribution in [0.2, 0.25) is 0 Å². The maximum Gasteiger partial charge on any atom is 0.165 e. The van der Waals surface area contributed by atoms with E-state index in [9.17, 15) is 0 Å². The fourth-order valence-corrected chi connectivity index (χ4v) is 3.75. The van der Waals surface area contributed by atoms with Crippen LogP contribution in [-0.4, -0.2) is 14.1 Å². The summed E-state index contributed by atoms with van der Waals surface area (Å²) in [6.45, 7) is 10.3. The molecule has 2 heterocycles. The topological polar surface area (TPSA) is 22.8 Å². The molecule has 0 saturated carbocycles. The van der Waals surface area contributed by atoms with E-state index in [0.29, 0.717) is 0 Å². The maximum absolute atomic E-state index is 4.27. The first-order valence-electron chi connectivity index (χ1n) is 10.2. The van der Waals surface area contributed by atoms with Gasteiger partial charge in [0.05, 0.1) is 5.69 Å². The number of fused-ring (bicyclic) bond motifs is 1. The second kappa shape index (κ2) is 10.3.